The van der Waals surface area contributed by atoms with Crippen molar-refractivity contribution in [3.63, 3.8) is 0 Å². The van der Waals surface area contributed by atoms with Gasteiger partial charge in [0.05, 0.1) is 5.69 Å². The average Bonchev–Trinajstić information content (AvgIpc) is 4.11. The van der Waals surface area contributed by atoms with Crippen LogP contribution in [-0.4, -0.2) is 13.5 Å². The molecule has 0 N–H and O–H groups in total. The molecule has 4 heterocycles. The molecule has 10 aromatic carbocycles. The SMILES string of the molecule is Cc1cc2c3c(c1)N(c1ccc(C(C)(C)C)cc1-c1ccccc1)c1cc4c(cc1B3c1ccc(-c3ccc5c(c3)sc3ccccc35)cc1N2c1cc(-c2ccc(C(C)(C)C)cc2)cc(-c2ccc(C(C)(C)C)cc2)c1)OCO4. The number of aryl methyl sites for hydroxylation is 1. The van der Waals surface area contributed by atoms with E-state index in [0.29, 0.717) is 0 Å². The second-order valence-electron chi connectivity index (χ2n) is 25.4. The fourth-order valence-electron chi connectivity index (χ4n) is 12.6. The van der Waals surface area contributed by atoms with Crippen molar-refractivity contribution in [2.45, 2.75) is 85.5 Å². The lowest BCUT2D eigenvalue weighted by Crippen LogP contribution is -2.61. The summed E-state index contributed by atoms with van der Waals surface area (Å²) in [6.07, 6.45) is 0. The van der Waals surface area contributed by atoms with E-state index in [1.54, 1.807) is 0 Å². The van der Waals surface area contributed by atoms with E-state index < -0.39 is 0 Å². The van der Waals surface area contributed by atoms with Crippen LogP contribution in [0.5, 0.6) is 11.5 Å². The average molecular weight is 1060 g/mol. The van der Waals surface area contributed by atoms with Gasteiger partial charge in [-0.15, -0.1) is 11.3 Å². The van der Waals surface area contributed by atoms with Crippen molar-refractivity contribution in [1.82, 2.24) is 0 Å². The van der Waals surface area contributed by atoms with Gasteiger partial charge >= 0.3 is 0 Å². The molecule has 0 unspecified atom stereocenters. The van der Waals surface area contributed by atoms with Crippen molar-refractivity contribution in [3.05, 3.63) is 222 Å². The number of fused-ring (bicyclic) bond motifs is 8. The van der Waals surface area contributed by atoms with E-state index in [4.69, 9.17) is 9.47 Å². The van der Waals surface area contributed by atoms with Gasteiger partial charge in [0.15, 0.2) is 11.5 Å². The molecule has 14 rings (SSSR count). The Hall–Kier alpha value is -8.32. The predicted octanol–water partition coefficient (Wildman–Crippen LogP) is 18.7. The molecular weight excluding hydrogens is 992 g/mol. The van der Waals surface area contributed by atoms with Crippen LogP contribution < -0.4 is 35.7 Å². The van der Waals surface area contributed by atoms with Gasteiger partial charge in [0.1, 0.15) is 0 Å². The Kier molecular flexibility index (Phi) is 11.5. The van der Waals surface area contributed by atoms with E-state index in [9.17, 15) is 0 Å². The Morgan fingerprint density at radius 2 is 0.938 bits per heavy atom. The third-order valence-corrected chi connectivity index (χ3v) is 18.1. The monoisotopic (exact) mass is 1060 g/mol. The Labute approximate surface area is 476 Å². The smallest absolute Gasteiger partial charge is 0.252 e. The van der Waals surface area contributed by atoms with Gasteiger partial charge in [-0.25, -0.2) is 0 Å². The van der Waals surface area contributed by atoms with Gasteiger partial charge < -0.3 is 19.3 Å². The van der Waals surface area contributed by atoms with Crippen molar-refractivity contribution in [3.8, 4) is 56.0 Å². The number of benzene rings is 10. The van der Waals surface area contributed by atoms with Crippen LogP contribution in [0.2, 0.25) is 0 Å². The van der Waals surface area contributed by atoms with Gasteiger partial charge in [0, 0.05) is 60.2 Å². The first-order chi connectivity index (χ1) is 38.4. The maximum atomic E-state index is 6.32. The number of thiophene rings is 1. The molecule has 0 bridgehead atoms. The fraction of sp³-hybridized carbons (Fsp3) is 0.189. The molecule has 6 heteroatoms. The van der Waals surface area contributed by atoms with Gasteiger partial charge in [-0.05, 0) is 167 Å². The first-order valence-electron chi connectivity index (χ1n) is 28.2. The first-order valence-corrected chi connectivity index (χ1v) is 29.1. The lowest BCUT2D eigenvalue weighted by atomic mass is 9.33. The van der Waals surface area contributed by atoms with Crippen LogP contribution in [-0.2, 0) is 16.2 Å². The molecule has 0 fully saturated rings. The van der Waals surface area contributed by atoms with Crippen molar-refractivity contribution < 1.29 is 9.47 Å². The summed E-state index contributed by atoms with van der Waals surface area (Å²) < 4.78 is 15.2. The Balaban J connectivity index is 1.06. The lowest BCUT2D eigenvalue weighted by molar-refractivity contribution is 0.174. The molecule has 0 saturated heterocycles. The molecule has 0 aliphatic carbocycles. The standard InChI is InChI=1S/C74H65BN2O2S/c1-45-34-65-71-66(35-45)77(62-33-30-55(74(8,9)10)41-59(62)48-16-12-11-13-17-48)64-43-68-67(78-44-79-68)42-61(64)75(71)60-32-25-49(50-24-31-58-57-18-14-15-19-69(57)80-70(58)40-50)39-63(60)76(65)56-37-51(46-20-26-53(27-21-46)72(2,3)4)36-52(38-56)47-22-28-54(29-23-47)73(5,6)7/h11-43H,44H2,1-10H3. The van der Waals surface area contributed by atoms with E-state index in [1.807, 2.05) is 11.3 Å². The second-order valence-corrected chi connectivity index (χ2v) is 26.5. The van der Waals surface area contributed by atoms with E-state index in [0.717, 1.165) is 45.6 Å². The molecule has 3 aliphatic rings. The minimum absolute atomic E-state index is 0.0279. The summed E-state index contributed by atoms with van der Waals surface area (Å²) in [5, 5.41) is 2.61. The Morgan fingerprint density at radius 1 is 0.388 bits per heavy atom. The molecule has 80 heavy (non-hydrogen) atoms. The highest BCUT2D eigenvalue weighted by molar-refractivity contribution is 7.25. The fourth-order valence-corrected chi connectivity index (χ4v) is 13.7. The van der Waals surface area contributed by atoms with Gasteiger partial charge in [0.2, 0.25) is 6.79 Å². The number of hydrogen-bond donors (Lipinski definition) is 0. The molecule has 1 aromatic heterocycles. The number of anilines is 6. The molecular formula is C74H65BN2O2S. The molecule has 4 nitrogen and oxygen atoms in total. The zero-order valence-corrected chi connectivity index (χ0v) is 48.3. The highest BCUT2D eigenvalue weighted by Crippen LogP contribution is 2.51. The minimum atomic E-state index is -0.140. The van der Waals surface area contributed by atoms with Gasteiger partial charge in [-0.1, -0.05) is 190 Å². The molecule has 0 radical (unpaired) electrons. The second kappa shape index (κ2) is 18.4. The normalized spacial score (nSPS) is 13.7. The van der Waals surface area contributed by atoms with Crippen LogP contribution in [0, 0.1) is 6.92 Å². The molecule has 0 atom stereocenters. The van der Waals surface area contributed by atoms with Crippen molar-refractivity contribution in [2.24, 2.45) is 0 Å². The zero-order valence-electron chi connectivity index (χ0n) is 47.5. The quantitative estimate of drug-likeness (QED) is 0.155. The summed E-state index contributed by atoms with van der Waals surface area (Å²) in [7, 11) is 0. The third kappa shape index (κ3) is 8.41. The topological polar surface area (TPSA) is 24.9 Å². The summed E-state index contributed by atoms with van der Waals surface area (Å²) in [5.74, 6) is 1.54. The summed E-state index contributed by atoms with van der Waals surface area (Å²) in [6.45, 7) is 23.0. The van der Waals surface area contributed by atoms with Crippen molar-refractivity contribution >= 4 is 88.7 Å². The van der Waals surface area contributed by atoms with Crippen LogP contribution in [0.15, 0.2) is 200 Å². The van der Waals surface area contributed by atoms with Crippen molar-refractivity contribution in [1.29, 1.82) is 0 Å². The van der Waals surface area contributed by atoms with Gasteiger partial charge in [-0.3, -0.25) is 0 Å². The van der Waals surface area contributed by atoms with Crippen LogP contribution >= 0.6 is 11.3 Å². The van der Waals surface area contributed by atoms with Gasteiger partial charge in [0.25, 0.3) is 6.71 Å². The third-order valence-electron chi connectivity index (χ3n) is 17.0. The summed E-state index contributed by atoms with van der Waals surface area (Å²) >= 11 is 1.87. The maximum absolute atomic E-state index is 6.32. The first kappa shape index (κ1) is 49.9. The van der Waals surface area contributed by atoms with Crippen LogP contribution in [0.25, 0.3) is 64.7 Å². The molecule has 11 aromatic rings. The highest BCUT2D eigenvalue weighted by atomic mass is 32.1. The Bertz CT molecular complexity index is 4210. The van der Waals surface area contributed by atoms with Crippen LogP contribution in [0.4, 0.5) is 34.1 Å². The summed E-state index contributed by atoms with van der Waals surface area (Å²) in [5.41, 5.74) is 24.9. The Morgan fingerprint density at radius 3 is 1.60 bits per heavy atom. The van der Waals surface area contributed by atoms with Crippen molar-refractivity contribution in [2.75, 3.05) is 16.6 Å². The number of nitrogens with zero attached hydrogens (tertiary/aromatic N) is 2. The molecule has 0 amide bonds. The van der Waals surface area contributed by atoms with E-state index in [1.165, 1.54) is 103 Å². The zero-order chi connectivity index (χ0) is 55.0. The molecule has 0 saturated carbocycles. The maximum Gasteiger partial charge on any atom is 0.252 e. The van der Waals surface area contributed by atoms with E-state index in [2.05, 4.69) is 279 Å². The largest absolute Gasteiger partial charge is 0.454 e. The van der Waals surface area contributed by atoms with Crippen LogP contribution in [0.3, 0.4) is 0 Å². The molecule has 392 valence electrons. The van der Waals surface area contributed by atoms with Gasteiger partial charge in [-0.2, -0.15) is 0 Å². The van der Waals surface area contributed by atoms with E-state index in [-0.39, 0.29) is 29.8 Å². The van der Waals surface area contributed by atoms with E-state index >= 15 is 0 Å². The predicted molar refractivity (Wildman–Crippen MR) is 342 cm³/mol. The number of hydrogen-bond acceptors (Lipinski definition) is 5. The number of ether oxygens (including phenoxy) is 2. The van der Waals surface area contributed by atoms with Crippen LogP contribution in [0.1, 0.15) is 84.6 Å². The number of rotatable bonds is 6. The highest BCUT2D eigenvalue weighted by Gasteiger charge is 2.45. The summed E-state index contributed by atoms with van der Waals surface area (Å²) in [6, 6.07) is 76.2. The minimum Gasteiger partial charge on any atom is -0.454 e. The molecule has 3 aliphatic heterocycles. The molecule has 0 spiro atoms. The lowest BCUT2D eigenvalue weighted by Gasteiger charge is -2.45. The summed E-state index contributed by atoms with van der Waals surface area (Å²) in [4.78, 5) is 5.12.